The van der Waals surface area contributed by atoms with Gasteiger partial charge >= 0.3 is 0 Å². The highest BCUT2D eigenvalue weighted by atomic mass is 16.3. The van der Waals surface area contributed by atoms with Crippen LogP contribution in [-0.2, 0) is 0 Å². The summed E-state index contributed by atoms with van der Waals surface area (Å²) >= 11 is 0. The average molecular weight is 316 g/mol. The Hall–Kier alpha value is -3.09. The van der Waals surface area contributed by atoms with Gasteiger partial charge < -0.3 is 31.2 Å². The smallest absolute Gasteiger partial charge is 0.208 e. The normalized spacial score (nSPS) is 11.4. The summed E-state index contributed by atoms with van der Waals surface area (Å²) in [5.74, 6) is -1.69. The van der Waals surface area contributed by atoms with Crippen molar-refractivity contribution in [2.24, 2.45) is 0 Å². The van der Waals surface area contributed by atoms with E-state index in [9.17, 15) is 20.1 Å². The van der Waals surface area contributed by atoms with Crippen LogP contribution in [0.5, 0.6) is 17.2 Å². The Morgan fingerprint density at radius 1 is 0.739 bits per heavy atom. The predicted octanol–water partition coefficient (Wildman–Crippen LogP) is 2.15. The minimum absolute atomic E-state index is 0.0574. The Kier molecular flexibility index (Phi) is 2.87. The monoisotopic (exact) mass is 316 g/mol. The number of hydrogen-bond donors (Lipinski definition) is 5. The number of nitrogen functional groups attached to an aromatic ring is 2. The highest BCUT2D eigenvalue weighted by molar-refractivity contribution is 6.03. The van der Waals surface area contributed by atoms with Crippen LogP contribution >= 0.6 is 0 Å². The molecular weight excluding hydrogens is 300 g/mol. The lowest BCUT2D eigenvalue weighted by atomic mass is 9.99. The van der Waals surface area contributed by atoms with Gasteiger partial charge in [-0.1, -0.05) is 0 Å². The standard InChI is InChI=1S/C16H16N2O5/c1-4-5(2)15-7(12(20)9(4)17)11(19)8-13(21)14(22)10(18)6(3)16(8)23-15/h20-22H,17-18H2,1-3H3. The third kappa shape index (κ3) is 1.67. The van der Waals surface area contributed by atoms with Gasteiger partial charge in [-0.25, -0.2) is 0 Å². The molecule has 0 bridgehead atoms. The molecule has 0 aliphatic rings. The fraction of sp³-hybridized carbons (Fsp3) is 0.188. The lowest BCUT2D eigenvalue weighted by Crippen LogP contribution is -2.08. The number of nitrogens with two attached hydrogens (primary N) is 2. The number of aryl methyl sites for hydroxylation is 2. The first-order chi connectivity index (χ1) is 10.7. The second-order valence-electron chi connectivity index (χ2n) is 5.59. The highest BCUT2D eigenvalue weighted by Gasteiger charge is 2.24. The zero-order chi connectivity index (χ0) is 17.2. The maximum absolute atomic E-state index is 12.8. The molecule has 23 heavy (non-hydrogen) atoms. The number of anilines is 2. The average Bonchev–Trinajstić information content (AvgIpc) is 2.53. The fourth-order valence-electron chi connectivity index (χ4n) is 2.72. The van der Waals surface area contributed by atoms with Gasteiger partial charge in [0.25, 0.3) is 0 Å². The molecule has 0 spiro atoms. The fourth-order valence-corrected chi connectivity index (χ4v) is 2.72. The van der Waals surface area contributed by atoms with Crippen LogP contribution in [0.4, 0.5) is 11.4 Å². The van der Waals surface area contributed by atoms with E-state index in [1.165, 1.54) is 0 Å². The number of rotatable bonds is 0. The zero-order valence-corrected chi connectivity index (χ0v) is 12.8. The second kappa shape index (κ2) is 4.45. The maximum atomic E-state index is 12.8. The summed E-state index contributed by atoms with van der Waals surface area (Å²) in [4.78, 5) is 12.8. The molecule has 7 nitrogen and oxygen atoms in total. The Morgan fingerprint density at radius 2 is 1.22 bits per heavy atom. The van der Waals surface area contributed by atoms with Gasteiger partial charge in [-0.15, -0.1) is 0 Å². The van der Waals surface area contributed by atoms with Gasteiger partial charge in [0, 0.05) is 5.56 Å². The molecule has 0 fully saturated rings. The van der Waals surface area contributed by atoms with E-state index in [0.717, 1.165) is 0 Å². The van der Waals surface area contributed by atoms with Crippen LogP contribution < -0.4 is 16.9 Å². The Bertz CT molecular complexity index is 986. The van der Waals surface area contributed by atoms with Crippen LogP contribution in [0.2, 0.25) is 0 Å². The minimum atomic E-state index is -0.690. The maximum Gasteiger partial charge on any atom is 0.208 e. The van der Waals surface area contributed by atoms with Crippen molar-refractivity contribution in [3.63, 3.8) is 0 Å². The van der Waals surface area contributed by atoms with Gasteiger partial charge in [0.2, 0.25) is 5.43 Å². The molecule has 1 aromatic heterocycles. The first kappa shape index (κ1) is 14.8. The molecule has 3 aromatic rings. The van der Waals surface area contributed by atoms with Gasteiger partial charge in [-0.05, 0) is 31.9 Å². The lowest BCUT2D eigenvalue weighted by Gasteiger charge is -2.14. The molecule has 120 valence electrons. The highest BCUT2D eigenvalue weighted by Crippen LogP contribution is 2.43. The third-order valence-corrected chi connectivity index (χ3v) is 4.37. The number of phenolic OH excluding ortho intramolecular Hbond substituents is 3. The van der Waals surface area contributed by atoms with Gasteiger partial charge in [0.05, 0.1) is 11.4 Å². The molecule has 0 saturated carbocycles. The molecule has 0 saturated heterocycles. The molecule has 0 amide bonds. The largest absolute Gasteiger partial charge is 0.505 e. The van der Waals surface area contributed by atoms with E-state index in [1.54, 1.807) is 20.8 Å². The number of hydrogen-bond acceptors (Lipinski definition) is 7. The van der Waals surface area contributed by atoms with Gasteiger partial charge in [-0.3, -0.25) is 4.79 Å². The molecule has 0 aliphatic heterocycles. The van der Waals surface area contributed by atoms with Crippen molar-refractivity contribution < 1.29 is 19.7 Å². The first-order valence-electron chi connectivity index (χ1n) is 6.86. The van der Waals surface area contributed by atoms with Crippen molar-refractivity contribution in [2.45, 2.75) is 20.8 Å². The van der Waals surface area contributed by atoms with Crippen molar-refractivity contribution in [3.8, 4) is 17.2 Å². The Labute approximate surface area is 130 Å². The molecule has 7 heteroatoms. The summed E-state index contributed by atoms with van der Waals surface area (Å²) < 4.78 is 5.76. The van der Waals surface area contributed by atoms with Gasteiger partial charge in [0.1, 0.15) is 21.9 Å². The first-order valence-corrected chi connectivity index (χ1v) is 6.86. The van der Waals surface area contributed by atoms with Crippen molar-refractivity contribution in [1.82, 2.24) is 0 Å². The van der Waals surface area contributed by atoms with Crippen LogP contribution in [0.3, 0.4) is 0 Å². The Morgan fingerprint density at radius 3 is 1.83 bits per heavy atom. The van der Waals surface area contributed by atoms with E-state index in [-0.39, 0.29) is 33.3 Å². The molecule has 0 atom stereocenters. The van der Waals surface area contributed by atoms with Crippen molar-refractivity contribution in [2.75, 3.05) is 11.5 Å². The van der Waals surface area contributed by atoms with Crippen molar-refractivity contribution in [3.05, 3.63) is 26.9 Å². The summed E-state index contributed by atoms with van der Waals surface area (Å²) in [5.41, 5.74) is 12.6. The number of phenols is 3. The summed E-state index contributed by atoms with van der Waals surface area (Å²) in [6.07, 6.45) is 0. The van der Waals surface area contributed by atoms with Crippen LogP contribution in [0, 0.1) is 20.8 Å². The van der Waals surface area contributed by atoms with Crippen LogP contribution in [0.25, 0.3) is 21.9 Å². The number of aromatic hydroxyl groups is 3. The molecular formula is C16H16N2O5. The van der Waals surface area contributed by atoms with E-state index < -0.39 is 22.7 Å². The van der Waals surface area contributed by atoms with E-state index in [0.29, 0.717) is 16.7 Å². The second-order valence-corrected chi connectivity index (χ2v) is 5.59. The number of benzene rings is 2. The minimum Gasteiger partial charge on any atom is -0.505 e. The zero-order valence-electron chi connectivity index (χ0n) is 12.8. The Balaban J connectivity index is 2.77. The summed E-state index contributed by atoms with van der Waals surface area (Å²) in [7, 11) is 0. The molecule has 7 N–H and O–H groups in total. The van der Waals surface area contributed by atoms with E-state index in [4.69, 9.17) is 15.9 Å². The SMILES string of the molecule is Cc1c(N)c(O)c2c(=O)c3c(O)c(O)c(N)c(C)c3oc2c1C. The molecule has 0 unspecified atom stereocenters. The molecule has 2 aromatic carbocycles. The van der Waals surface area contributed by atoms with Crippen molar-refractivity contribution >= 4 is 33.3 Å². The number of fused-ring (bicyclic) bond motifs is 2. The topological polar surface area (TPSA) is 143 Å². The van der Waals surface area contributed by atoms with E-state index in [1.807, 2.05) is 0 Å². The molecule has 1 heterocycles. The van der Waals surface area contributed by atoms with Crippen LogP contribution in [-0.4, -0.2) is 15.3 Å². The van der Waals surface area contributed by atoms with E-state index >= 15 is 0 Å². The summed E-state index contributed by atoms with van der Waals surface area (Å²) in [6.45, 7) is 4.97. The van der Waals surface area contributed by atoms with Gasteiger partial charge in [0.15, 0.2) is 17.2 Å². The van der Waals surface area contributed by atoms with Gasteiger partial charge in [-0.2, -0.15) is 0 Å². The van der Waals surface area contributed by atoms with Crippen molar-refractivity contribution in [1.29, 1.82) is 0 Å². The molecule has 0 radical (unpaired) electrons. The molecule has 3 rings (SSSR count). The quantitative estimate of drug-likeness (QED) is 0.243. The molecule has 0 aliphatic carbocycles. The third-order valence-electron chi connectivity index (χ3n) is 4.37. The summed E-state index contributed by atoms with van der Waals surface area (Å²) in [6, 6.07) is 0. The summed E-state index contributed by atoms with van der Waals surface area (Å²) in [5, 5.41) is 29.8. The predicted molar refractivity (Wildman–Crippen MR) is 88.0 cm³/mol. The van der Waals surface area contributed by atoms with Crippen LogP contribution in [0.15, 0.2) is 9.21 Å². The lowest BCUT2D eigenvalue weighted by molar-refractivity contribution is 0.409. The van der Waals surface area contributed by atoms with E-state index in [2.05, 4.69) is 0 Å². The van der Waals surface area contributed by atoms with Crippen LogP contribution in [0.1, 0.15) is 16.7 Å².